The molecule has 2 aliphatic rings. The summed E-state index contributed by atoms with van der Waals surface area (Å²) < 4.78 is 42.4. The normalized spacial score (nSPS) is 20.8. The largest absolute Gasteiger partial charge is 0.472 e. The van der Waals surface area contributed by atoms with E-state index in [1.54, 1.807) is 6.07 Å². The summed E-state index contributed by atoms with van der Waals surface area (Å²) in [4.78, 5) is 22.8. The van der Waals surface area contributed by atoms with E-state index in [1.807, 2.05) is 38.7 Å². The van der Waals surface area contributed by atoms with Gasteiger partial charge in [0.15, 0.2) is 0 Å². The minimum Gasteiger partial charge on any atom is -0.472 e. The Morgan fingerprint density at radius 3 is 2.64 bits per heavy atom. The highest BCUT2D eigenvalue weighted by Gasteiger charge is 2.51. The average Bonchev–Trinajstić information content (AvgIpc) is 3.31. The van der Waals surface area contributed by atoms with Crippen LogP contribution in [0.5, 0.6) is 5.88 Å². The summed E-state index contributed by atoms with van der Waals surface area (Å²) in [7, 11) is 0. The van der Waals surface area contributed by atoms with Gasteiger partial charge in [-0.1, -0.05) is 6.07 Å². The third-order valence-electron chi connectivity index (χ3n) is 5.71. The van der Waals surface area contributed by atoms with E-state index in [2.05, 4.69) is 15.3 Å². The number of hydrogen-bond donors (Lipinski definition) is 1. The fraction of sp³-hybridized carbons (Fsp3) is 0.500. The molecule has 2 aliphatic heterocycles. The molecule has 1 amide bonds. The van der Waals surface area contributed by atoms with Gasteiger partial charge in [-0.3, -0.25) is 4.90 Å². The molecular formula is C22H27FN4O5S. The molecular weight excluding hydrogens is 451 g/mol. The van der Waals surface area contributed by atoms with E-state index in [4.69, 9.17) is 17.9 Å². The van der Waals surface area contributed by atoms with Crippen molar-refractivity contribution in [3.05, 3.63) is 41.5 Å². The van der Waals surface area contributed by atoms with E-state index in [0.29, 0.717) is 22.9 Å². The third kappa shape index (κ3) is 5.65. The molecule has 11 heteroatoms. The van der Waals surface area contributed by atoms with E-state index >= 15 is 0 Å². The van der Waals surface area contributed by atoms with E-state index in [0.717, 1.165) is 24.8 Å². The summed E-state index contributed by atoms with van der Waals surface area (Å²) in [6.45, 7) is 7.37. The van der Waals surface area contributed by atoms with Crippen molar-refractivity contribution in [1.82, 2.24) is 14.9 Å². The second-order valence-corrected chi connectivity index (χ2v) is 8.50. The molecule has 3 heterocycles. The Hall–Kier alpha value is -3.08. The first-order chi connectivity index (χ1) is 15.7. The van der Waals surface area contributed by atoms with Crippen LogP contribution in [0.15, 0.2) is 24.5 Å². The van der Waals surface area contributed by atoms with Crippen LogP contribution in [0.4, 0.5) is 20.7 Å². The van der Waals surface area contributed by atoms with Crippen LogP contribution >= 0.6 is 0 Å². The number of aromatic nitrogens is 2. The number of fused-ring (bicyclic) bond motifs is 2. The van der Waals surface area contributed by atoms with Crippen molar-refractivity contribution < 1.29 is 27.1 Å². The van der Waals surface area contributed by atoms with Crippen LogP contribution in [-0.4, -0.2) is 53.7 Å². The molecule has 178 valence electrons. The Labute approximate surface area is 195 Å². The lowest BCUT2D eigenvalue weighted by Crippen LogP contribution is -2.40. The van der Waals surface area contributed by atoms with Crippen LogP contribution in [0, 0.1) is 19.7 Å². The fourth-order valence-electron chi connectivity index (χ4n) is 4.28. The van der Waals surface area contributed by atoms with Gasteiger partial charge in [-0.15, -0.1) is 0 Å². The smallest absolute Gasteiger partial charge is 0.410 e. The maximum absolute atomic E-state index is 14.2. The molecule has 4 rings (SSSR count). The minimum atomic E-state index is -0.750. The lowest BCUT2D eigenvalue weighted by Gasteiger charge is -2.25. The summed E-state index contributed by atoms with van der Waals surface area (Å²) in [5.41, 5.74) is 1.88. The maximum Gasteiger partial charge on any atom is 0.410 e. The number of hydrogen-bond acceptors (Lipinski definition) is 8. The second-order valence-electron chi connectivity index (χ2n) is 8.36. The van der Waals surface area contributed by atoms with Gasteiger partial charge >= 0.3 is 17.7 Å². The fourth-order valence-corrected chi connectivity index (χ4v) is 4.28. The standard InChI is InChI=1S/C22H27FN4O3.O2S/c1-12(2)29-22(28)27-15-6-8-18(27)19(10-15)30-21-14(4)20(24-11-25-21)26-17-7-5-13(3)9-16(17)23;1-3-2/h5,7,9,11-12,15,18-19H,6,8,10H2,1-4H3,(H,24,25,26);/t15?,18?,19-;/m0./s1. The predicted octanol–water partition coefficient (Wildman–Crippen LogP) is 3.84. The van der Waals surface area contributed by atoms with Gasteiger partial charge in [0, 0.05) is 12.5 Å². The van der Waals surface area contributed by atoms with Gasteiger partial charge in [-0.2, -0.15) is 8.42 Å². The Morgan fingerprint density at radius 2 is 1.97 bits per heavy atom. The highest BCUT2D eigenvalue weighted by Crippen LogP contribution is 2.40. The molecule has 3 atom stereocenters. The van der Waals surface area contributed by atoms with Crippen molar-refractivity contribution in [3.8, 4) is 5.88 Å². The topological polar surface area (TPSA) is 111 Å². The van der Waals surface area contributed by atoms with Crippen LogP contribution < -0.4 is 10.1 Å². The van der Waals surface area contributed by atoms with Crippen molar-refractivity contribution in [1.29, 1.82) is 0 Å². The van der Waals surface area contributed by atoms with Gasteiger partial charge < -0.3 is 14.8 Å². The van der Waals surface area contributed by atoms with E-state index in [-0.39, 0.29) is 36.2 Å². The average molecular weight is 479 g/mol. The quantitative estimate of drug-likeness (QED) is 0.690. The molecule has 0 radical (unpaired) electrons. The van der Waals surface area contributed by atoms with Crippen LogP contribution in [0.3, 0.4) is 0 Å². The highest BCUT2D eigenvalue weighted by molar-refractivity contribution is 7.51. The molecule has 1 N–H and O–H groups in total. The molecule has 0 saturated carbocycles. The van der Waals surface area contributed by atoms with Gasteiger partial charge in [-0.05, 0) is 58.2 Å². The first kappa shape index (κ1) is 24.6. The number of nitrogens with one attached hydrogen (secondary N) is 1. The summed E-state index contributed by atoms with van der Waals surface area (Å²) in [5, 5.41) is 3.02. The molecule has 0 spiro atoms. The molecule has 2 aromatic rings. The zero-order chi connectivity index (χ0) is 24.1. The van der Waals surface area contributed by atoms with Crippen molar-refractivity contribution in [3.63, 3.8) is 0 Å². The number of amides is 1. The summed E-state index contributed by atoms with van der Waals surface area (Å²) >= 11 is -0.750. The number of ether oxygens (including phenoxy) is 2. The zero-order valence-corrected chi connectivity index (χ0v) is 19.7. The van der Waals surface area contributed by atoms with Gasteiger partial charge in [0.05, 0.1) is 23.4 Å². The summed E-state index contributed by atoms with van der Waals surface area (Å²) in [6, 6.07) is 5.09. The van der Waals surface area contributed by atoms with Gasteiger partial charge in [0.25, 0.3) is 0 Å². The second kappa shape index (κ2) is 10.7. The maximum atomic E-state index is 14.2. The molecule has 2 bridgehead atoms. The van der Waals surface area contributed by atoms with Crippen molar-refractivity contribution in [2.75, 3.05) is 5.32 Å². The number of carbonyl (C=O) groups excluding carboxylic acids is 1. The van der Waals surface area contributed by atoms with Crippen LogP contribution in [-0.2, 0) is 16.3 Å². The molecule has 2 unspecified atom stereocenters. The molecule has 2 fully saturated rings. The Balaban J connectivity index is 0.000000968. The predicted molar refractivity (Wildman–Crippen MR) is 119 cm³/mol. The Bertz CT molecular complexity index is 1050. The van der Waals surface area contributed by atoms with Crippen LogP contribution in [0.25, 0.3) is 0 Å². The lowest BCUT2D eigenvalue weighted by molar-refractivity contribution is 0.0641. The highest BCUT2D eigenvalue weighted by atomic mass is 32.1. The lowest BCUT2D eigenvalue weighted by atomic mass is 9.98. The van der Waals surface area contributed by atoms with Crippen molar-refractivity contribution in [2.24, 2.45) is 0 Å². The number of halogens is 1. The summed E-state index contributed by atoms with van der Waals surface area (Å²) in [5.74, 6) is 0.583. The molecule has 2 saturated heterocycles. The third-order valence-corrected chi connectivity index (χ3v) is 5.71. The number of aryl methyl sites for hydroxylation is 1. The van der Waals surface area contributed by atoms with Crippen molar-refractivity contribution >= 4 is 29.2 Å². The van der Waals surface area contributed by atoms with E-state index in [1.165, 1.54) is 12.4 Å². The van der Waals surface area contributed by atoms with Crippen molar-refractivity contribution in [2.45, 2.75) is 71.2 Å². The molecule has 33 heavy (non-hydrogen) atoms. The van der Waals surface area contributed by atoms with Crippen LogP contribution in [0.2, 0.25) is 0 Å². The Morgan fingerprint density at radius 1 is 1.24 bits per heavy atom. The number of rotatable bonds is 5. The van der Waals surface area contributed by atoms with Gasteiger partial charge in [-0.25, -0.2) is 19.2 Å². The first-order valence-electron chi connectivity index (χ1n) is 10.7. The number of anilines is 2. The number of benzene rings is 1. The monoisotopic (exact) mass is 478 g/mol. The van der Waals surface area contributed by atoms with E-state index in [9.17, 15) is 9.18 Å². The minimum absolute atomic E-state index is 0.0263. The molecule has 1 aromatic heterocycles. The molecule has 9 nitrogen and oxygen atoms in total. The zero-order valence-electron chi connectivity index (χ0n) is 18.9. The molecule has 1 aromatic carbocycles. The van der Waals surface area contributed by atoms with Crippen LogP contribution in [0.1, 0.15) is 44.2 Å². The SMILES string of the molecule is Cc1ccc(Nc2ncnc(O[C@H]3CC4CCC3N4C(=O)OC(C)C)c2C)c(F)c1.O=S=O. The van der Waals surface area contributed by atoms with E-state index < -0.39 is 11.6 Å². The van der Waals surface area contributed by atoms with Gasteiger partial charge in [0.1, 0.15) is 24.1 Å². The van der Waals surface area contributed by atoms with Gasteiger partial charge in [0.2, 0.25) is 5.88 Å². The number of carbonyl (C=O) groups is 1. The Kier molecular flexibility index (Phi) is 7.96. The molecule has 0 aliphatic carbocycles. The number of nitrogens with zero attached hydrogens (tertiary/aromatic N) is 3. The first-order valence-corrected chi connectivity index (χ1v) is 11.3. The summed E-state index contributed by atoms with van der Waals surface area (Å²) in [6.07, 6.45) is 3.40.